The average Bonchev–Trinajstić information content (AvgIpc) is 3.22. The average molecular weight is 467 g/mol. The van der Waals surface area contributed by atoms with Crippen LogP contribution in [0.25, 0.3) is 5.65 Å². The maximum atomic E-state index is 12.9. The van der Waals surface area contributed by atoms with Gasteiger partial charge in [0.2, 0.25) is 15.9 Å². The van der Waals surface area contributed by atoms with Gasteiger partial charge < -0.3 is 4.90 Å². The highest BCUT2D eigenvalue weighted by molar-refractivity contribution is 7.89. The Labute approximate surface area is 193 Å². The van der Waals surface area contributed by atoms with E-state index >= 15 is 0 Å². The summed E-state index contributed by atoms with van der Waals surface area (Å²) in [6, 6.07) is 8.90. The monoisotopic (exact) mass is 466 g/mol. The molecule has 0 aliphatic carbocycles. The van der Waals surface area contributed by atoms with Crippen molar-refractivity contribution in [2.24, 2.45) is 0 Å². The molecular formula is C23H26N6O3S. The minimum atomic E-state index is -3.56. The normalized spacial score (nSPS) is 15.0. The fourth-order valence-electron chi connectivity index (χ4n) is 4.18. The Hall–Kier alpha value is -3.29. The van der Waals surface area contributed by atoms with Gasteiger partial charge in [0.1, 0.15) is 11.6 Å². The molecule has 0 bridgehead atoms. The first kappa shape index (κ1) is 22.9. The number of hydrogen-bond acceptors (Lipinski definition) is 6. The van der Waals surface area contributed by atoms with Crippen molar-refractivity contribution in [3.8, 4) is 6.07 Å². The van der Waals surface area contributed by atoms with Crippen LogP contribution in [0.5, 0.6) is 0 Å². The first-order chi connectivity index (χ1) is 15.7. The van der Waals surface area contributed by atoms with Crippen molar-refractivity contribution >= 4 is 21.6 Å². The van der Waals surface area contributed by atoms with Gasteiger partial charge in [-0.3, -0.25) is 4.79 Å². The number of amides is 1. The lowest BCUT2D eigenvalue weighted by molar-refractivity contribution is -0.132. The van der Waals surface area contributed by atoms with E-state index in [1.807, 2.05) is 20.8 Å². The molecule has 9 nitrogen and oxygen atoms in total. The van der Waals surface area contributed by atoms with Gasteiger partial charge in [0.15, 0.2) is 5.65 Å². The van der Waals surface area contributed by atoms with E-state index in [9.17, 15) is 18.5 Å². The van der Waals surface area contributed by atoms with Gasteiger partial charge in [0.05, 0.1) is 11.1 Å². The third-order valence-corrected chi connectivity index (χ3v) is 8.08. The van der Waals surface area contributed by atoms with Crippen molar-refractivity contribution in [1.82, 2.24) is 23.8 Å². The Morgan fingerprint density at radius 1 is 1.09 bits per heavy atom. The molecule has 0 N–H and O–H groups in total. The van der Waals surface area contributed by atoms with E-state index in [2.05, 4.69) is 16.2 Å². The quantitative estimate of drug-likeness (QED) is 0.569. The highest BCUT2D eigenvalue weighted by Gasteiger charge is 2.30. The Kier molecular flexibility index (Phi) is 6.19. The predicted octanol–water partition coefficient (Wildman–Crippen LogP) is 1.99. The van der Waals surface area contributed by atoms with Crippen LogP contribution in [-0.4, -0.2) is 64.3 Å². The van der Waals surface area contributed by atoms with Crippen LogP contribution < -0.4 is 0 Å². The van der Waals surface area contributed by atoms with Crippen LogP contribution in [0.2, 0.25) is 0 Å². The first-order valence-electron chi connectivity index (χ1n) is 10.8. The summed E-state index contributed by atoms with van der Waals surface area (Å²) in [7, 11) is -3.56. The summed E-state index contributed by atoms with van der Waals surface area (Å²) >= 11 is 0. The zero-order chi connectivity index (χ0) is 23.8. The molecule has 1 saturated heterocycles. The third-order valence-electron chi connectivity index (χ3n) is 6.17. The molecule has 3 aromatic rings. The van der Waals surface area contributed by atoms with E-state index in [0.717, 1.165) is 22.5 Å². The number of carbonyl (C=O) groups excluding carboxylic acids is 1. The smallest absolute Gasteiger partial charge is 0.243 e. The number of fused-ring (bicyclic) bond motifs is 1. The van der Waals surface area contributed by atoms with Gasteiger partial charge in [-0.25, -0.2) is 17.9 Å². The van der Waals surface area contributed by atoms with E-state index in [-0.39, 0.29) is 23.9 Å². The Morgan fingerprint density at radius 3 is 2.39 bits per heavy atom. The van der Waals surface area contributed by atoms with Gasteiger partial charge in [0.25, 0.3) is 0 Å². The van der Waals surface area contributed by atoms with Crippen LogP contribution in [0.1, 0.15) is 34.5 Å². The molecule has 1 aliphatic heterocycles. The lowest BCUT2D eigenvalue weighted by Gasteiger charge is -2.34. The number of rotatable bonds is 5. The van der Waals surface area contributed by atoms with Crippen molar-refractivity contribution in [2.75, 3.05) is 26.2 Å². The van der Waals surface area contributed by atoms with Gasteiger partial charge in [-0.15, -0.1) is 0 Å². The zero-order valence-corrected chi connectivity index (χ0v) is 19.8. The molecule has 3 heterocycles. The lowest BCUT2D eigenvalue weighted by atomic mass is 10.1. The minimum absolute atomic E-state index is 0.0144. The van der Waals surface area contributed by atoms with Gasteiger partial charge in [-0.05, 0) is 44.9 Å². The van der Waals surface area contributed by atoms with Gasteiger partial charge >= 0.3 is 0 Å². The van der Waals surface area contributed by atoms with E-state index in [1.165, 1.54) is 10.5 Å². The Balaban J connectivity index is 1.39. The SMILES string of the molecule is Cc1ccc(S(=O)(=O)N2CCN(C(=O)CCc3c(C)nc4c(C#N)cnn4c3C)CC2)cc1. The standard InChI is InChI=1S/C23H26N6O3S/c1-16-4-6-20(7-5-16)33(31,32)28-12-10-27(11-13-28)22(30)9-8-21-17(2)26-23-19(14-24)15-25-29(23)18(21)3/h4-7,15H,8-13H2,1-3H3. The number of sulfonamides is 1. The summed E-state index contributed by atoms with van der Waals surface area (Å²) in [4.78, 5) is 19.4. The van der Waals surface area contributed by atoms with Crippen LogP contribution in [0.3, 0.4) is 0 Å². The van der Waals surface area contributed by atoms with Gasteiger partial charge in [-0.1, -0.05) is 17.7 Å². The van der Waals surface area contributed by atoms with Gasteiger partial charge in [0, 0.05) is 44.0 Å². The summed E-state index contributed by atoms with van der Waals surface area (Å²) in [5.41, 5.74) is 4.52. The highest BCUT2D eigenvalue weighted by Crippen LogP contribution is 2.21. The number of benzene rings is 1. The largest absolute Gasteiger partial charge is 0.340 e. The topological polar surface area (TPSA) is 112 Å². The first-order valence-corrected chi connectivity index (χ1v) is 12.2. The van der Waals surface area contributed by atoms with E-state index in [4.69, 9.17) is 0 Å². The highest BCUT2D eigenvalue weighted by atomic mass is 32.2. The number of aryl methyl sites for hydroxylation is 3. The lowest BCUT2D eigenvalue weighted by Crippen LogP contribution is -2.50. The number of nitrogens with zero attached hydrogens (tertiary/aromatic N) is 6. The molecule has 1 amide bonds. The summed E-state index contributed by atoms with van der Waals surface area (Å²) in [5, 5.41) is 13.4. The molecule has 0 unspecified atom stereocenters. The molecule has 1 aliphatic rings. The molecule has 4 rings (SSSR count). The maximum absolute atomic E-state index is 12.9. The fraction of sp³-hybridized carbons (Fsp3) is 0.391. The molecule has 2 aromatic heterocycles. The predicted molar refractivity (Wildman–Crippen MR) is 122 cm³/mol. The second-order valence-corrected chi connectivity index (χ2v) is 10.2. The number of nitriles is 1. The number of hydrogen-bond donors (Lipinski definition) is 0. The van der Waals surface area contributed by atoms with E-state index in [0.29, 0.717) is 37.1 Å². The van der Waals surface area contributed by atoms with Crippen LogP contribution in [0.15, 0.2) is 35.4 Å². The second-order valence-electron chi connectivity index (χ2n) is 8.26. The summed E-state index contributed by atoms with van der Waals surface area (Å²) in [5.74, 6) is -0.0144. The molecule has 0 saturated carbocycles. The van der Waals surface area contributed by atoms with Crippen molar-refractivity contribution < 1.29 is 13.2 Å². The summed E-state index contributed by atoms with van der Waals surface area (Å²) in [6.07, 6.45) is 2.29. The minimum Gasteiger partial charge on any atom is -0.340 e. The summed E-state index contributed by atoms with van der Waals surface area (Å²) in [6.45, 7) is 6.97. The number of carbonyl (C=O) groups is 1. The van der Waals surface area contributed by atoms with E-state index in [1.54, 1.807) is 33.7 Å². The molecule has 33 heavy (non-hydrogen) atoms. The maximum Gasteiger partial charge on any atom is 0.243 e. The Morgan fingerprint density at radius 2 is 1.76 bits per heavy atom. The van der Waals surface area contributed by atoms with Crippen molar-refractivity contribution in [3.05, 3.63) is 58.5 Å². The Bertz CT molecular complexity index is 1350. The zero-order valence-electron chi connectivity index (χ0n) is 18.9. The second kappa shape index (κ2) is 8.92. The molecule has 1 aromatic carbocycles. The van der Waals surface area contributed by atoms with Crippen LogP contribution in [-0.2, 0) is 21.2 Å². The van der Waals surface area contributed by atoms with Crippen molar-refractivity contribution in [3.63, 3.8) is 0 Å². The molecule has 172 valence electrons. The van der Waals surface area contributed by atoms with Crippen molar-refractivity contribution in [2.45, 2.75) is 38.5 Å². The van der Waals surface area contributed by atoms with E-state index < -0.39 is 10.0 Å². The molecule has 10 heteroatoms. The van der Waals surface area contributed by atoms with Crippen LogP contribution >= 0.6 is 0 Å². The third kappa shape index (κ3) is 4.34. The molecule has 0 atom stereocenters. The fourth-order valence-corrected chi connectivity index (χ4v) is 5.60. The number of aromatic nitrogens is 3. The van der Waals surface area contributed by atoms with Crippen LogP contribution in [0, 0.1) is 32.1 Å². The molecule has 0 spiro atoms. The van der Waals surface area contributed by atoms with Gasteiger partial charge in [-0.2, -0.15) is 14.7 Å². The summed E-state index contributed by atoms with van der Waals surface area (Å²) < 4.78 is 28.8. The molecular weight excluding hydrogens is 440 g/mol. The van der Waals surface area contributed by atoms with Crippen LogP contribution in [0.4, 0.5) is 0 Å². The molecule has 0 radical (unpaired) electrons. The molecule has 1 fully saturated rings. The van der Waals surface area contributed by atoms with Crippen molar-refractivity contribution in [1.29, 1.82) is 5.26 Å². The number of piperazine rings is 1.